The van der Waals surface area contributed by atoms with Crippen LogP contribution in [0, 0.1) is 5.92 Å². The fourth-order valence-electron chi connectivity index (χ4n) is 4.19. The van der Waals surface area contributed by atoms with Gasteiger partial charge in [0.15, 0.2) is 13.2 Å². The van der Waals surface area contributed by atoms with Gasteiger partial charge in [-0.1, -0.05) is 6.92 Å². The Kier molecular flexibility index (Phi) is 5.56. The lowest BCUT2D eigenvalue weighted by Gasteiger charge is -2.30. The summed E-state index contributed by atoms with van der Waals surface area (Å²) in [6.07, 6.45) is 4.68. The second-order valence-corrected chi connectivity index (χ2v) is 7.89. The van der Waals surface area contributed by atoms with E-state index in [1.54, 1.807) is 17.0 Å². The van der Waals surface area contributed by atoms with Crippen molar-refractivity contribution < 1.29 is 23.5 Å². The second-order valence-electron chi connectivity index (χ2n) is 7.89. The number of nitrogens with zero attached hydrogens (tertiary/aromatic N) is 1. The Morgan fingerprint density at radius 3 is 2.83 bits per heavy atom. The van der Waals surface area contributed by atoms with Crippen molar-refractivity contribution in [2.75, 3.05) is 26.3 Å². The van der Waals surface area contributed by atoms with Crippen LogP contribution < -0.4 is 10.4 Å². The molecule has 154 valence electrons. The number of fused-ring (bicyclic) bond motifs is 3. The number of carbonyl (C=O) groups is 2. The van der Waals surface area contributed by atoms with Crippen molar-refractivity contribution in [3.63, 3.8) is 0 Å². The van der Waals surface area contributed by atoms with Gasteiger partial charge in [0.25, 0.3) is 5.91 Å². The molecular formula is C22H25NO6. The molecule has 1 aromatic carbocycles. The Bertz CT molecular complexity index is 995. The standard InChI is InChI=1S/C22H25NO6/c1-14-4-3-9-23(11-14)20(24)12-28-21(25)13-27-15-7-8-17-16-5-2-6-18(16)22(26)29-19(17)10-15/h7-8,10,14H,2-6,9,11-13H2,1H3/t14-/m0/s1. The van der Waals surface area contributed by atoms with Crippen LogP contribution in [0.3, 0.4) is 0 Å². The Balaban J connectivity index is 1.32. The first-order valence-electron chi connectivity index (χ1n) is 10.2. The third-order valence-electron chi connectivity index (χ3n) is 5.67. The van der Waals surface area contributed by atoms with Crippen molar-refractivity contribution in [3.8, 4) is 5.75 Å². The van der Waals surface area contributed by atoms with Crippen LogP contribution in [-0.2, 0) is 27.2 Å². The lowest BCUT2D eigenvalue weighted by atomic mass is 10.0. The van der Waals surface area contributed by atoms with Gasteiger partial charge in [0, 0.05) is 30.1 Å². The molecule has 1 fully saturated rings. The third kappa shape index (κ3) is 4.28. The highest BCUT2D eigenvalue weighted by atomic mass is 16.6. The van der Waals surface area contributed by atoms with E-state index in [0.29, 0.717) is 30.3 Å². The molecule has 0 saturated carbocycles. The Morgan fingerprint density at radius 1 is 1.17 bits per heavy atom. The summed E-state index contributed by atoms with van der Waals surface area (Å²) < 4.78 is 15.9. The molecule has 7 nitrogen and oxygen atoms in total. The zero-order valence-corrected chi connectivity index (χ0v) is 16.6. The van der Waals surface area contributed by atoms with Gasteiger partial charge in [0.05, 0.1) is 0 Å². The molecule has 2 aliphatic rings. The number of ether oxygens (including phenoxy) is 2. The molecule has 7 heteroatoms. The maximum Gasteiger partial charge on any atom is 0.344 e. The highest BCUT2D eigenvalue weighted by Crippen LogP contribution is 2.29. The zero-order valence-electron chi connectivity index (χ0n) is 16.6. The van der Waals surface area contributed by atoms with Gasteiger partial charge in [-0.2, -0.15) is 0 Å². The Morgan fingerprint density at radius 2 is 2.00 bits per heavy atom. The van der Waals surface area contributed by atoms with E-state index in [2.05, 4.69) is 6.92 Å². The van der Waals surface area contributed by atoms with Crippen molar-refractivity contribution in [3.05, 3.63) is 39.7 Å². The number of carbonyl (C=O) groups excluding carboxylic acids is 2. The van der Waals surface area contributed by atoms with E-state index in [0.717, 1.165) is 48.6 Å². The zero-order chi connectivity index (χ0) is 20.4. The van der Waals surface area contributed by atoms with E-state index >= 15 is 0 Å². The minimum Gasteiger partial charge on any atom is -0.482 e. The normalized spacial score (nSPS) is 18.5. The number of rotatable bonds is 5. The fraction of sp³-hybridized carbons (Fsp3) is 0.500. The van der Waals surface area contributed by atoms with Gasteiger partial charge in [-0.25, -0.2) is 9.59 Å². The van der Waals surface area contributed by atoms with Crippen LogP contribution in [0.25, 0.3) is 11.0 Å². The van der Waals surface area contributed by atoms with Gasteiger partial charge in [-0.3, -0.25) is 4.79 Å². The Hall–Kier alpha value is -2.83. The maximum absolute atomic E-state index is 12.2. The summed E-state index contributed by atoms with van der Waals surface area (Å²) in [5, 5.41) is 0.911. The molecule has 0 radical (unpaired) electrons. The predicted octanol–water partition coefficient (Wildman–Crippen LogP) is 2.46. The van der Waals surface area contributed by atoms with Gasteiger partial charge in [-0.05, 0) is 55.7 Å². The first-order chi connectivity index (χ1) is 14.0. The summed E-state index contributed by atoms with van der Waals surface area (Å²) in [5.41, 5.74) is 1.97. The van der Waals surface area contributed by atoms with Crippen LogP contribution in [0.4, 0.5) is 0 Å². The molecule has 0 spiro atoms. The molecule has 1 aliphatic carbocycles. The number of amides is 1. The van der Waals surface area contributed by atoms with E-state index in [9.17, 15) is 14.4 Å². The molecule has 1 aliphatic heterocycles. The number of hydrogen-bond acceptors (Lipinski definition) is 6. The number of benzene rings is 1. The maximum atomic E-state index is 12.2. The number of piperidine rings is 1. The molecule has 2 heterocycles. The highest BCUT2D eigenvalue weighted by Gasteiger charge is 2.22. The average molecular weight is 399 g/mol. The highest BCUT2D eigenvalue weighted by molar-refractivity contribution is 5.83. The largest absolute Gasteiger partial charge is 0.482 e. The quantitative estimate of drug-likeness (QED) is 0.567. The first kappa shape index (κ1) is 19.5. The van der Waals surface area contributed by atoms with Crippen molar-refractivity contribution in [2.24, 2.45) is 5.92 Å². The van der Waals surface area contributed by atoms with Crippen LogP contribution in [-0.4, -0.2) is 43.1 Å². The molecule has 0 unspecified atom stereocenters. The molecule has 1 saturated heterocycles. The fourth-order valence-corrected chi connectivity index (χ4v) is 4.19. The van der Waals surface area contributed by atoms with Gasteiger partial charge < -0.3 is 18.8 Å². The van der Waals surface area contributed by atoms with Gasteiger partial charge in [0.2, 0.25) is 0 Å². The summed E-state index contributed by atoms with van der Waals surface area (Å²) in [6.45, 7) is 2.94. The average Bonchev–Trinajstić information content (AvgIpc) is 3.21. The van der Waals surface area contributed by atoms with Crippen LogP contribution in [0.2, 0.25) is 0 Å². The van der Waals surface area contributed by atoms with Crippen molar-refractivity contribution in [1.82, 2.24) is 4.90 Å². The molecule has 29 heavy (non-hydrogen) atoms. The number of aryl methyl sites for hydroxylation is 1. The van der Waals surface area contributed by atoms with Crippen molar-refractivity contribution in [2.45, 2.75) is 39.0 Å². The van der Waals surface area contributed by atoms with Gasteiger partial charge in [-0.15, -0.1) is 0 Å². The van der Waals surface area contributed by atoms with E-state index in [4.69, 9.17) is 13.9 Å². The summed E-state index contributed by atoms with van der Waals surface area (Å²) in [7, 11) is 0. The van der Waals surface area contributed by atoms with Crippen LogP contribution in [0.15, 0.2) is 27.4 Å². The molecule has 0 bridgehead atoms. The van der Waals surface area contributed by atoms with Crippen LogP contribution in [0.5, 0.6) is 5.75 Å². The van der Waals surface area contributed by atoms with Crippen molar-refractivity contribution >= 4 is 22.8 Å². The van der Waals surface area contributed by atoms with E-state index in [1.807, 2.05) is 6.07 Å². The van der Waals surface area contributed by atoms with Gasteiger partial charge >= 0.3 is 11.6 Å². The summed E-state index contributed by atoms with van der Waals surface area (Å²) in [5.74, 6) is 0.0952. The molecule has 4 rings (SSSR count). The first-order valence-corrected chi connectivity index (χ1v) is 10.2. The van der Waals surface area contributed by atoms with E-state index in [1.165, 1.54) is 0 Å². The number of likely N-dealkylation sites (tertiary alicyclic amines) is 1. The number of esters is 1. The number of hydrogen-bond donors (Lipinski definition) is 0. The monoisotopic (exact) mass is 399 g/mol. The molecule has 2 aromatic rings. The van der Waals surface area contributed by atoms with Crippen LogP contribution in [0.1, 0.15) is 37.3 Å². The molecular weight excluding hydrogens is 374 g/mol. The minimum absolute atomic E-state index is 0.175. The smallest absolute Gasteiger partial charge is 0.344 e. The van der Waals surface area contributed by atoms with E-state index in [-0.39, 0.29) is 24.7 Å². The lowest BCUT2D eigenvalue weighted by molar-refractivity contribution is -0.154. The topological polar surface area (TPSA) is 86.0 Å². The van der Waals surface area contributed by atoms with E-state index < -0.39 is 5.97 Å². The minimum atomic E-state index is -0.612. The molecule has 1 amide bonds. The van der Waals surface area contributed by atoms with Crippen LogP contribution >= 0.6 is 0 Å². The van der Waals surface area contributed by atoms with Crippen molar-refractivity contribution in [1.29, 1.82) is 0 Å². The SMILES string of the molecule is C[C@H]1CCCN(C(=O)COC(=O)COc2ccc3c4c(c(=O)oc3c2)CCC4)C1. The summed E-state index contributed by atoms with van der Waals surface area (Å²) in [4.78, 5) is 37.9. The third-order valence-corrected chi connectivity index (χ3v) is 5.67. The summed E-state index contributed by atoms with van der Waals surface area (Å²) in [6, 6.07) is 5.21. The molecule has 1 atom stereocenters. The molecule has 0 N–H and O–H groups in total. The van der Waals surface area contributed by atoms with Gasteiger partial charge in [0.1, 0.15) is 11.3 Å². The summed E-state index contributed by atoms with van der Waals surface area (Å²) >= 11 is 0. The Labute approximate surface area is 168 Å². The second kappa shape index (κ2) is 8.27. The lowest BCUT2D eigenvalue weighted by Crippen LogP contribution is -2.41. The predicted molar refractivity (Wildman–Crippen MR) is 106 cm³/mol. The molecule has 1 aromatic heterocycles.